The maximum atomic E-state index is 10.1. The van der Waals surface area contributed by atoms with Crippen LogP contribution in [0, 0.1) is 16.7 Å². The van der Waals surface area contributed by atoms with Crippen molar-refractivity contribution in [1.29, 1.82) is 0 Å². The third kappa shape index (κ3) is 9.14. The highest BCUT2D eigenvalue weighted by Crippen LogP contribution is 2.27. The van der Waals surface area contributed by atoms with E-state index < -0.39 is 18.4 Å². The van der Waals surface area contributed by atoms with Gasteiger partial charge in [0, 0.05) is 6.04 Å². The van der Waals surface area contributed by atoms with E-state index in [9.17, 15) is 15.1 Å². The van der Waals surface area contributed by atoms with Crippen LogP contribution in [0.1, 0.15) is 59.3 Å². The number of rotatable bonds is 12. The Hall–Kier alpha value is -0.560. The molecule has 5 N–H and O–H groups in total. The summed E-state index contributed by atoms with van der Waals surface area (Å²) in [5, 5.41) is 31.0. The lowest BCUT2D eigenvalue weighted by molar-refractivity contribution is 0.0770. The van der Waals surface area contributed by atoms with E-state index in [4.69, 9.17) is 10.8 Å². The molecule has 0 aromatic heterocycles. The lowest BCUT2D eigenvalue weighted by Crippen LogP contribution is -2.32. The zero-order valence-electron chi connectivity index (χ0n) is 13.5. The molecule has 0 aromatic rings. The van der Waals surface area contributed by atoms with Gasteiger partial charge in [-0.15, -0.1) is 4.91 Å². The van der Waals surface area contributed by atoms with Gasteiger partial charge in [0.05, 0.1) is 12.2 Å². The summed E-state index contributed by atoms with van der Waals surface area (Å²) in [5.74, 6) is 0.458. The second-order valence-electron chi connectivity index (χ2n) is 6.23. The second kappa shape index (κ2) is 11.1. The van der Waals surface area contributed by atoms with Crippen LogP contribution in [0.4, 0.5) is 0 Å². The van der Waals surface area contributed by atoms with Crippen LogP contribution in [0.2, 0.25) is 0 Å². The Kier molecular flexibility index (Phi) is 10.8. The average molecular weight is 304 g/mol. The van der Waals surface area contributed by atoms with Gasteiger partial charge in [0.1, 0.15) is 0 Å². The number of hydrogen-bond acceptors (Lipinski definition) is 6. The molecule has 0 radical (unpaired) electrons. The molecular weight excluding hydrogens is 272 g/mol. The van der Waals surface area contributed by atoms with Crippen molar-refractivity contribution in [2.45, 2.75) is 83.8 Å². The van der Waals surface area contributed by atoms with Gasteiger partial charge in [0.2, 0.25) is 0 Å². The summed E-state index contributed by atoms with van der Waals surface area (Å²) < 4.78 is 0. The Morgan fingerprint density at radius 1 is 0.905 bits per heavy atom. The van der Waals surface area contributed by atoms with Crippen molar-refractivity contribution in [3.8, 4) is 0 Å². The molecule has 0 aliphatic rings. The molecule has 0 saturated heterocycles. The van der Waals surface area contributed by atoms with Gasteiger partial charge in [-0.2, -0.15) is 0 Å². The Morgan fingerprint density at radius 3 is 1.95 bits per heavy atom. The molecule has 0 spiro atoms. The van der Waals surface area contributed by atoms with E-state index in [1.807, 2.05) is 0 Å². The second-order valence-corrected chi connectivity index (χ2v) is 6.23. The molecule has 0 bridgehead atoms. The summed E-state index contributed by atoms with van der Waals surface area (Å²) in [6.45, 7) is 5.55. The highest BCUT2D eigenvalue weighted by Gasteiger charge is 2.22. The molecule has 6 atom stereocenters. The predicted octanol–water partition coefficient (Wildman–Crippen LogP) is 1.75. The van der Waals surface area contributed by atoms with Crippen LogP contribution in [0.15, 0.2) is 5.18 Å². The molecule has 126 valence electrons. The van der Waals surface area contributed by atoms with Gasteiger partial charge in [-0.3, -0.25) is 0 Å². The minimum Gasteiger partial charge on any atom is -0.393 e. The highest BCUT2D eigenvalue weighted by atomic mass is 16.3. The summed E-state index contributed by atoms with van der Waals surface area (Å²) in [6, 6.07) is -0.219. The van der Waals surface area contributed by atoms with Gasteiger partial charge in [0.25, 0.3) is 0 Å². The summed E-state index contributed by atoms with van der Waals surface area (Å²) >= 11 is 0. The molecule has 0 aliphatic carbocycles. The van der Waals surface area contributed by atoms with Crippen molar-refractivity contribution in [2.75, 3.05) is 0 Å². The summed E-state index contributed by atoms with van der Waals surface area (Å²) in [4.78, 5) is 10.1. The third-order valence-corrected chi connectivity index (χ3v) is 4.29. The number of nitrogens with two attached hydrogens (primary N) is 1. The van der Waals surface area contributed by atoms with Crippen LogP contribution in [0.5, 0.6) is 0 Å². The van der Waals surface area contributed by atoms with Gasteiger partial charge in [0.15, 0.2) is 6.23 Å². The zero-order valence-corrected chi connectivity index (χ0v) is 13.5. The van der Waals surface area contributed by atoms with Crippen molar-refractivity contribution in [3.63, 3.8) is 0 Å². The van der Waals surface area contributed by atoms with Crippen LogP contribution >= 0.6 is 0 Å². The smallest absolute Gasteiger partial charge is 0.186 e. The number of aliphatic hydroxyl groups is 3. The Balaban J connectivity index is 4.12. The van der Waals surface area contributed by atoms with Crippen molar-refractivity contribution < 1.29 is 15.3 Å². The molecule has 0 aliphatic heterocycles. The van der Waals surface area contributed by atoms with E-state index >= 15 is 0 Å². The van der Waals surface area contributed by atoms with E-state index in [2.05, 4.69) is 12.1 Å². The fourth-order valence-corrected chi connectivity index (χ4v) is 2.72. The van der Waals surface area contributed by atoms with Crippen LogP contribution in [0.3, 0.4) is 0 Å². The van der Waals surface area contributed by atoms with Crippen LogP contribution in [-0.2, 0) is 0 Å². The van der Waals surface area contributed by atoms with E-state index in [0.717, 1.165) is 25.7 Å². The standard InChI is InChI=1S/C15H32N2O4/c1-10(6-4-9-15(20)17-21)13(11(2)18)7-5-8-14(16)12(3)19/h10-15,18-20H,4-9,16H2,1-3H3/t10-,11?,12?,13?,14?,15?/m0/s1. The van der Waals surface area contributed by atoms with Crippen LogP contribution < -0.4 is 5.73 Å². The third-order valence-electron chi connectivity index (χ3n) is 4.29. The molecule has 6 nitrogen and oxygen atoms in total. The van der Waals surface area contributed by atoms with Gasteiger partial charge in [-0.1, -0.05) is 19.8 Å². The van der Waals surface area contributed by atoms with Crippen molar-refractivity contribution in [3.05, 3.63) is 4.91 Å². The van der Waals surface area contributed by atoms with E-state index in [1.165, 1.54) is 0 Å². The first-order valence-corrected chi connectivity index (χ1v) is 7.91. The molecule has 0 saturated carbocycles. The van der Waals surface area contributed by atoms with E-state index in [0.29, 0.717) is 18.8 Å². The normalized spacial score (nSPS) is 20.3. The number of nitroso groups, excluding NO2 is 1. The Bertz CT molecular complexity index is 274. The van der Waals surface area contributed by atoms with Gasteiger partial charge in [-0.25, -0.2) is 0 Å². The predicted molar refractivity (Wildman–Crippen MR) is 83.5 cm³/mol. The first-order valence-electron chi connectivity index (χ1n) is 7.91. The summed E-state index contributed by atoms with van der Waals surface area (Å²) in [6.07, 6.45) is 2.34. The minimum absolute atomic E-state index is 0.160. The largest absolute Gasteiger partial charge is 0.393 e. The van der Waals surface area contributed by atoms with E-state index in [1.54, 1.807) is 13.8 Å². The molecule has 0 heterocycles. The quantitative estimate of drug-likeness (QED) is 0.410. The first-order chi connectivity index (χ1) is 9.79. The number of nitrogens with zero attached hydrogens (tertiary/aromatic N) is 1. The zero-order chi connectivity index (χ0) is 16.4. The monoisotopic (exact) mass is 304 g/mol. The lowest BCUT2D eigenvalue weighted by atomic mass is 9.82. The molecule has 0 fully saturated rings. The summed E-state index contributed by atoms with van der Waals surface area (Å²) in [7, 11) is 0. The Morgan fingerprint density at radius 2 is 1.48 bits per heavy atom. The minimum atomic E-state index is -1.12. The van der Waals surface area contributed by atoms with Crippen molar-refractivity contribution >= 4 is 0 Å². The van der Waals surface area contributed by atoms with E-state index in [-0.39, 0.29) is 12.0 Å². The topological polar surface area (TPSA) is 116 Å². The average Bonchev–Trinajstić information content (AvgIpc) is 2.42. The first kappa shape index (κ1) is 20.4. The summed E-state index contributed by atoms with van der Waals surface area (Å²) in [5.41, 5.74) is 5.80. The molecule has 21 heavy (non-hydrogen) atoms. The maximum absolute atomic E-state index is 10.1. The van der Waals surface area contributed by atoms with Gasteiger partial charge in [-0.05, 0) is 56.5 Å². The molecule has 0 amide bonds. The SMILES string of the molecule is CC(O)C(N)CCCC(C(C)O)[C@@H](C)CCCC(O)N=O. The van der Waals surface area contributed by atoms with Crippen molar-refractivity contribution in [1.82, 2.24) is 0 Å². The van der Waals surface area contributed by atoms with Crippen molar-refractivity contribution in [2.24, 2.45) is 22.7 Å². The highest BCUT2D eigenvalue weighted by molar-refractivity contribution is 4.74. The van der Waals surface area contributed by atoms with Crippen LogP contribution in [-0.4, -0.2) is 39.8 Å². The maximum Gasteiger partial charge on any atom is 0.186 e. The number of hydrogen-bond donors (Lipinski definition) is 4. The Labute approximate surface area is 127 Å². The molecular formula is C15H32N2O4. The number of aliphatic hydroxyl groups excluding tert-OH is 3. The van der Waals surface area contributed by atoms with Crippen LogP contribution in [0.25, 0.3) is 0 Å². The molecule has 0 aromatic carbocycles. The van der Waals surface area contributed by atoms with Gasteiger partial charge < -0.3 is 21.1 Å². The fraction of sp³-hybridized carbons (Fsp3) is 1.00. The lowest BCUT2D eigenvalue weighted by Gasteiger charge is -2.27. The fourth-order valence-electron chi connectivity index (χ4n) is 2.72. The molecule has 0 rings (SSSR count). The molecule has 5 unspecified atom stereocenters. The molecule has 6 heteroatoms. The van der Waals surface area contributed by atoms with Gasteiger partial charge >= 0.3 is 0 Å².